The fourth-order valence-electron chi connectivity index (χ4n) is 2.36. The van der Waals surface area contributed by atoms with E-state index in [9.17, 15) is 23.3 Å². The number of benzene rings is 2. The number of hydrogen-bond donors (Lipinski definition) is 1. The first-order valence-corrected chi connectivity index (χ1v) is 10.8. The lowest BCUT2D eigenvalue weighted by Crippen LogP contribution is -2.39. The number of hydrazone groups is 1. The molecular formula is C18H19ClN4O6S. The quantitative estimate of drug-likeness (QED) is 0.352. The number of sulfonamides is 1. The van der Waals surface area contributed by atoms with E-state index in [4.69, 9.17) is 16.3 Å². The zero-order valence-corrected chi connectivity index (χ0v) is 17.7. The predicted molar refractivity (Wildman–Crippen MR) is 114 cm³/mol. The van der Waals surface area contributed by atoms with Crippen LogP contribution in [0.15, 0.2) is 47.6 Å². The molecule has 0 aliphatic heterocycles. The minimum Gasteiger partial charge on any atom is -0.494 e. The van der Waals surface area contributed by atoms with E-state index in [0.717, 1.165) is 16.8 Å². The summed E-state index contributed by atoms with van der Waals surface area (Å²) in [6, 6.07) is 9.99. The van der Waals surface area contributed by atoms with E-state index in [1.54, 1.807) is 12.1 Å². The second kappa shape index (κ2) is 10.0. The van der Waals surface area contributed by atoms with Gasteiger partial charge in [-0.2, -0.15) is 5.10 Å². The van der Waals surface area contributed by atoms with Gasteiger partial charge in [-0.1, -0.05) is 11.6 Å². The molecular weight excluding hydrogens is 436 g/mol. The molecule has 0 aliphatic rings. The molecule has 0 saturated heterocycles. The maximum absolute atomic E-state index is 12.2. The highest BCUT2D eigenvalue weighted by Crippen LogP contribution is 2.22. The minimum atomic E-state index is -3.75. The van der Waals surface area contributed by atoms with Gasteiger partial charge in [0, 0.05) is 22.7 Å². The highest BCUT2D eigenvalue weighted by molar-refractivity contribution is 7.92. The fourth-order valence-corrected chi connectivity index (χ4v) is 3.38. The monoisotopic (exact) mass is 454 g/mol. The molecule has 2 rings (SSSR count). The van der Waals surface area contributed by atoms with Gasteiger partial charge in [0.2, 0.25) is 10.0 Å². The molecule has 0 atom stereocenters. The maximum Gasteiger partial charge on any atom is 0.270 e. The van der Waals surface area contributed by atoms with E-state index in [1.165, 1.54) is 30.3 Å². The molecule has 12 heteroatoms. The van der Waals surface area contributed by atoms with Crippen LogP contribution in [0.4, 0.5) is 11.4 Å². The molecule has 160 valence electrons. The molecule has 30 heavy (non-hydrogen) atoms. The summed E-state index contributed by atoms with van der Waals surface area (Å²) in [6.45, 7) is 1.76. The van der Waals surface area contributed by atoms with Gasteiger partial charge in [0.25, 0.3) is 11.6 Å². The van der Waals surface area contributed by atoms with Crippen molar-refractivity contribution in [3.8, 4) is 5.75 Å². The van der Waals surface area contributed by atoms with E-state index >= 15 is 0 Å². The molecule has 0 aromatic heterocycles. The van der Waals surface area contributed by atoms with Crippen LogP contribution in [0.2, 0.25) is 5.02 Å². The van der Waals surface area contributed by atoms with Crippen molar-refractivity contribution >= 4 is 45.1 Å². The Morgan fingerprint density at radius 1 is 1.30 bits per heavy atom. The summed E-state index contributed by atoms with van der Waals surface area (Å²) in [4.78, 5) is 22.4. The molecule has 10 nitrogen and oxygen atoms in total. The van der Waals surface area contributed by atoms with E-state index in [1.807, 2.05) is 6.92 Å². The second-order valence-electron chi connectivity index (χ2n) is 5.95. The fraction of sp³-hybridized carbons (Fsp3) is 0.222. The zero-order valence-electron chi connectivity index (χ0n) is 16.1. The molecule has 0 aliphatic carbocycles. The van der Waals surface area contributed by atoms with Crippen LogP contribution in [-0.2, 0) is 14.8 Å². The number of anilines is 1. The Kier molecular flexibility index (Phi) is 7.72. The van der Waals surface area contributed by atoms with E-state index in [2.05, 4.69) is 10.5 Å². The topological polar surface area (TPSA) is 131 Å². The van der Waals surface area contributed by atoms with Gasteiger partial charge in [0.1, 0.15) is 12.3 Å². The number of ether oxygens (including phenoxy) is 1. The molecule has 2 aromatic carbocycles. The van der Waals surface area contributed by atoms with Crippen molar-refractivity contribution in [1.29, 1.82) is 0 Å². The number of amides is 1. The Bertz CT molecular complexity index is 1060. The zero-order chi connectivity index (χ0) is 22.3. The third-order valence-corrected chi connectivity index (χ3v) is 5.19. The average molecular weight is 455 g/mol. The summed E-state index contributed by atoms with van der Waals surface area (Å²) in [7, 11) is -3.75. The van der Waals surface area contributed by atoms with Crippen molar-refractivity contribution in [1.82, 2.24) is 5.43 Å². The number of nitrogens with zero attached hydrogens (tertiary/aromatic N) is 3. The van der Waals surface area contributed by atoms with Crippen LogP contribution in [0.25, 0.3) is 0 Å². The molecule has 1 amide bonds. The van der Waals surface area contributed by atoms with Crippen LogP contribution < -0.4 is 14.5 Å². The summed E-state index contributed by atoms with van der Waals surface area (Å²) in [6.07, 6.45) is 2.11. The van der Waals surface area contributed by atoms with Gasteiger partial charge in [-0.15, -0.1) is 0 Å². The molecule has 0 saturated carbocycles. The molecule has 0 bridgehead atoms. The standard InChI is InChI=1S/C18H19ClN4O6S/c1-3-29-16-7-4-14(5-8-16)22(30(2,27)28)12-18(24)21-20-11-13-10-15(23(25)26)6-9-17(13)19/h4-11H,3,12H2,1-2H3,(H,21,24)/b20-11+. The van der Waals surface area contributed by atoms with Crippen molar-refractivity contribution < 1.29 is 22.9 Å². The highest BCUT2D eigenvalue weighted by Gasteiger charge is 2.20. The Labute approximate surface area is 178 Å². The number of carbonyl (C=O) groups excluding carboxylic acids is 1. The first-order valence-electron chi connectivity index (χ1n) is 8.58. The van der Waals surface area contributed by atoms with Crippen LogP contribution >= 0.6 is 11.6 Å². The van der Waals surface area contributed by atoms with Gasteiger partial charge >= 0.3 is 0 Å². The SMILES string of the molecule is CCOc1ccc(N(CC(=O)N/N=C/c2cc([N+](=O)[O-])ccc2Cl)S(C)(=O)=O)cc1. The summed E-state index contributed by atoms with van der Waals surface area (Å²) in [5, 5.41) is 14.7. The van der Waals surface area contributed by atoms with E-state index in [0.29, 0.717) is 12.4 Å². The Balaban J connectivity index is 2.11. The molecule has 1 N–H and O–H groups in total. The van der Waals surface area contributed by atoms with Gasteiger partial charge in [-0.05, 0) is 37.3 Å². The van der Waals surface area contributed by atoms with Crippen LogP contribution in [-0.4, -0.2) is 44.9 Å². The molecule has 0 unspecified atom stereocenters. The Morgan fingerprint density at radius 3 is 2.53 bits per heavy atom. The molecule has 0 spiro atoms. The number of halogens is 1. The number of non-ortho nitro benzene ring substituents is 1. The number of nitro groups is 1. The summed E-state index contributed by atoms with van der Waals surface area (Å²) >= 11 is 5.95. The molecule has 0 heterocycles. The maximum atomic E-state index is 12.2. The van der Waals surface area contributed by atoms with Crippen molar-refractivity contribution in [2.24, 2.45) is 5.10 Å². The first-order chi connectivity index (χ1) is 14.1. The number of hydrogen-bond acceptors (Lipinski definition) is 7. The van der Waals surface area contributed by atoms with Crippen molar-refractivity contribution in [3.63, 3.8) is 0 Å². The summed E-state index contributed by atoms with van der Waals surface area (Å²) in [5.74, 6) is -0.148. The Morgan fingerprint density at radius 2 is 1.97 bits per heavy atom. The summed E-state index contributed by atoms with van der Waals surface area (Å²) < 4.78 is 30.5. The van der Waals surface area contributed by atoms with Gasteiger partial charge < -0.3 is 4.74 Å². The van der Waals surface area contributed by atoms with Crippen molar-refractivity contribution in [3.05, 3.63) is 63.2 Å². The minimum absolute atomic E-state index is 0.189. The second-order valence-corrected chi connectivity index (χ2v) is 8.27. The van der Waals surface area contributed by atoms with Crippen LogP contribution in [0.3, 0.4) is 0 Å². The number of nitro benzene ring substituents is 1. The van der Waals surface area contributed by atoms with Gasteiger partial charge in [0.15, 0.2) is 0 Å². The Hall–Kier alpha value is -3.18. The number of carbonyl (C=O) groups is 1. The lowest BCUT2D eigenvalue weighted by molar-refractivity contribution is -0.384. The lowest BCUT2D eigenvalue weighted by Gasteiger charge is -2.21. The largest absolute Gasteiger partial charge is 0.494 e. The number of rotatable bonds is 9. The highest BCUT2D eigenvalue weighted by atomic mass is 35.5. The predicted octanol–water partition coefficient (Wildman–Crippen LogP) is 2.56. The van der Waals surface area contributed by atoms with Crippen molar-refractivity contribution in [2.75, 3.05) is 23.7 Å². The lowest BCUT2D eigenvalue weighted by atomic mass is 10.2. The molecule has 0 radical (unpaired) electrons. The van der Waals surface area contributed by atoms with Gasteiger partial charge in [-0.3, -0.25) is 19.2 Å². The van der Waals surface area contributed by atoms with Gasteiger partial charge in [0.05, 0.1) is 29.7 Å². The summed E-state index contributed by atoms with van der Waals surface area (Å²) in [5.41, 5.74) is 2.49. The average Bonchev–Trinajstić information content (AvgIpc) is 2.67. The van der Waals surface area contributed by atoms with Crippen LogP contribution in [0.5, 0.6) is 5.75 Å². The van der Waals surface area contributed by atoms with Crippen molar-refractivity contribution in [2.45, 2.75) is 6.92 Å². The van der Waals surface area contributed by atoms with Crippen LogP contribution in [0.1, 0.15) is 12.5 Å². The third kappa shape index (κ3) is 6.42. The molecule has 0 fully saturated rings. The number of nitrogens with one attached hydrogen (secondary N) is 1. The van der Waals surface area contributed by atoms with E-state index < -0.39 is 27.4 Å². The van der Waals surface area contributed by atoms with Gasteiger partial charge in [-0.25, -0.2) is 13.8 Å². The smallest absolute Gasteiger partial charge is 0.270 e. The van der Waals surface area contributed by atoms with Crippen LogP contribution in [0, 0.1) is 10.1 Å². The normalized spacial score (nSPS) is 11.3. The molecule has 2 aromatic rings. The first kappa shape index (κ1) is 23.1. The third-order valence-electron chi connectivity index (χ3n) is 3.71. The van der Waals surface area contributed by atoms with E-state index in [-0.39, 0.29) is 22.0 Å².